The van der Waals surface area contributed by atoms with Crippen molar-refractivity contribution in [2.45, 2.75) is 19.5 Å². The molecule has 0 saturated heterocycles. The van der Waals surface area contributed by atoms with Gasteiger partial charge in [-0.1, -0.05) is 23.2 Å². The third-order valence-corrected chi connectivity index (χ3v) is 4.19. The van der Waals surface area contributed by atoms with E-state index in [0.717, 1.165) is 30.8 Å². The first kappa shape index (κ1) is 14.6. The molecule has 110 valence electrons. The lowest BCUT2D eigenvalue weighted by Crippen LogP contribution is -2.31. The number of nitrogens with one attached hydrogen (secondary N) is 1. The lowest BCUT2D eigenvalue weighted by atomic mass is 10.1. The minimum Gasteiger partial charge on any atom is -0.368 e. The number of hydrogen-bond acceptors (Lipinski definition) is 6. The van der Waals surface area contributed by atoms with Gasteiger partial charge in [0, 0.05) is 49.1 Å². The molecule has 0 bridgehead atoms. The lowest BCUT2D eigenvalue weighted by Gasteiger charge is -2.28. The SMILES string of the molecule is Nc1nc(Cl)c(CN2CCc3[nH]c(=S)ncc3C2)c(Cl)n1. The van der Waals surface area contributed by atoms with Gasteiger partial charge in [0.1, 0.15) is 10.3 Å². The lowest BCUT2D eigenvalue weighted by molar-refractivity contribution is 0.242. The molecule has 0 aliphatic carbocycles. The first-order valence-corrected chi connectivity index (χ1v) is 7.46. The zero-order valence-corrected chi connectivity index (χ0v) is 13.3. The molecule has 0 fully saturated rings. The Morgan fingerprint density at radius 2 is 2.05 bits per heavy atom. The van der Waals surface area contributed by atoms with E-state index >= 15 is 0 Å². The molecule has 0 saturated carbocycles. The van der Waals surface area contributed by atoms with E-state index in [1.807, 2.05) is 6.20 Å². The number of fused-ring (bicyclic) bond motifs is 1. The molecule has 0 amide bonds. The first-order chi connectivity index (χ1) is 10.0. The fraction of sp³-hybridized carbons (Fsp3) is 0.333. The fourth-order valence-electron chi connectivity index (χ4n) is 2.34. The van der Waals surface area contributed by atoms with E-state index in [4.69, 9.17) is 41.2 Å². The molecule has 0 radical (unpaired) electrons. The summed E-state index contributed by atoms with van der Waals surface area (Å²) in [6.45, 7) is 2.16. The molecule has 0 atom stereocenters. The number of aromatic nitrogens is 4. The zero-order valence-electron chi connectivity index (χ0n) is 10.9. The zero-order chi connectivity index (χ0) is 15.0. The molecule has 2 aromatic heterocycles. The Bertz CT molecular complexity index is 724. The number of rotatable bonds is 2. The van der Waals surface area contributed by atoms with Crippen LogP contribution in [-0.2, 0) is 19.5 Å². The normalized spacial score (nSPS) is 15.0. The summed E-state index contributed by atoms with van der Waals surface area (Å²) in [7, 11) is 0. The molecular weight excluding hydrogens is 331 g/mol. The van der Waals surface area contributed by atoms with Gasteiger partial charge in [-0.05, 0) is 12.2 Å². The quantitative estimate of drug-likeness (QED) is 0.643. The monoisotopic (exact) mass is 342 g/mol. The number of anilines is 1. The molecule has 0 spiro atoms. The summed E-state index contributed by atoms with van der Waals surface area (Å²) in [6, 6.07) is 0. The largest absolute Gasteiger partial charge is 0.368 e. The number of halogens is 2. The van der Waals surface area contributed by atoms with E-state index in [9.17, 15) is 0 Å². The molecule has 0 aromatic carbocycles. The molecule has 0 unspecified atom stereocenters. The van der Waals surface area contributed by atoms with Crippen LogP contribution in [-0.4, -0.2) is 31.4 Å². The molecule has 3 heterocycles. The van der Waals surface area contributed by atoms with Crippen LogP contribution in [0.3, 0.4) is 0 Å². The number of nitrogens with zero attached hydrogens (tertiary/aromatic N) is 4. The number of H-pyrrole nitrogens is 1. The van der Waals surface area contributed by atoms with Crippen molar-refractivity contribution in [3.8, 4) is 0 Å². The van der Waals surface area contributed by atoms with Crippen LogP contribution in [0.2, 0.25) is 10.3 Å². The molecule has 1 aliphatic heterocycles. The van der Waals surface area contributed by atoms with Gasteiger partial charge in [-0.3, -0.25) is 4.90 Å². The Labute approximate surface area is 136 Å². The smallest absolute Gasteiger partial charge is 0.222 e. The maximum absolute atomic E-state index is 6.10. The van der Waals surface area contributed by atoms with Crippen molar-refractivity contribution >= 4 is 41.4 Å². The van der Waals surface area contributed by atoms with Gasteiger partial charge in [-0.2, -0.15) is 0 Å². The van der Waals surface area contributed by atoms with Crippen LogP contribution in [0.4, 0.5) is 5.95 Å². The van der Waals surface area contributed by atoms with Crippen molar-refractivity contribution in [3.05, 3.63) is 38.1 Å². The Balaban J connectivity index is 1.82. The summed E-state index contributed by atoms with van der Waals surface area (Å²) in [5.74, 6) is 0.0783. The number of aromatic amines is 1. The van der Waals surface area contributed by atoms with Gasteiger partial charge in [0.15, 0.2) is 4.77 Å². The summed E-state index contributed by atoms with van der Waals surface area (Å²) >= 11 is 17.2. The van der Waals surface area contributed by atoms with E-state index < -0.39 is 0 Å². The predicted octanol–water partition coefficient (Wildman–Crippen LogP) is 2.38. The third-order valence-electron chi connectivity index (χ3n) is 3.36. The maximum atomic E-state index is 6.10. The highest BCUT2D eigenvalue weighted by Crippen LogP contribution is 2.26. The van der Waals surface area contributed by atoms with Crippen molar-refractivity contribution in [2.24, 2.45) is 0 Å². The molecular formula is C12H12Cl2N6S. The van der Waals surface area contributed by atoms with E-state index in [0.29, 0.717) is 27.2 Å². The van der Waals surface area contributed by atoms with Crippen LogP contribution in [0.1, 0.15) is 16.8 Å². The minimum absolute atomic E-state index is 0.0783. The average Bonchev–Trinajstić information content (AvgIpc) is 2.43. The number of hydrogen-bond donors (Lipinski definition) is 2. The molecule has 3 N–H and O–H groups in total. The molecule has 21 heavy (non-hydrogen) atoms. The van der Waals surface area contributed by atoms with Crippen LogP contribution >= 0.6 is 35.4 Å². The maximum Gasteiger partial charge on any atom is 0.222 e. The second-order valence-electron chi connectivity index (χ2n) is 4.79. The van der Waals surface area contributed by atoms with Crippen molar-refractivity contribution < 1.29 is 0 Å². The van der Waals surface area contributed by atoms with Crippen molar-refractivity contribution in [1.82, 2.24) is 24.8 Å². The Hall–Kier alpha value is -1.28. The highest BCUT2D eigenvalue weighted by atomic mass is 35.5. The first-order valence-electron chi connectivity index (χ1n) is 6.30. The third kappa shape index (κ3) is 3.16. The standard InChI is InChI=1S/C12H12Cl2N6S/c13-9-7(10(14)19-11(15)18-9)5-20-2-1-8-6(4-20)3-16-12(21)17-8/h3H,1-2,4-5H2,(H2,15,18,19)(H,16,17,21). The summed E-state index contributed by atoms with van der Waals surface area (Å²) < 4.78 is 0.514. The van der Waals surface area contributed by atoms with Crippen LogP contribution in [0.25, 0.3) is 0 Å². The van der Waals surface area contributed by atoms with E-state index in [2.05, 4.69) is 24.8 Å². The highest BCUT2D eigenvalue weighted by molar-refractivity contribution is 7.71. The summed E-state index contributed by atoms with van der Waals surface area (Å²) in [4.78, 5) is 17.3. The van der Waals surface area contributed by atoms with Crippen molar-refractivity contribution in [2.75, 3.05) is 12.3 Å². The molecule has 9 heteroatoms. The average molecular weight is 343 g/mol. The highest BCUT2D eigenvalue weighted by Gasteiger charge is 2.20. The topological polar surface area (TPSA) is 83.7 Å². The molecule has 6 nitrogen and oxygen atoms in total. The van der Waals surface area contributed by atoms with Crippen LogP contribution < -0.4 is 5.73 Å². The van der Waals surface area contributed by atoms with Crippen LogP contribution in [0.15, 0.2) is 6.20 Å². The summed E-state index contributed by atoms with van der Waals surface area (Å²) in [5.41, 5.74) is 8.46. The van der Waals surface area contributed by atoms with Crippen LogP contribution in [0, 0.1) is 4.77 Å². The van der Waals surface area contributed by atoms with Crippen LogP contribution in [0.5, 0.6) is 0 Å². The van der Waals surface area contributed by atoms with E-state index in [1.165, 1.54) is 0 Å². The second kappa shape index (κ2) is 5.84. The Morgan fingerprint density at radius 1 is 1.33 bits per heavy atom. The number of nitrogens with two attached hydrogens (primary N) is 1. The van der Waals surface area contributed by atoms with Gasteiger partial charge in [-0.15, -0.1) is 0 Å². The van der Waals surface area contributed by atoms with Gasteiger partial charge in [0.2, 0.25) is 5.95 Å². The van der Waals surface area contributed by atoms with Crippen molar-refractivity contribution in [1.29, 1.82) is 0 Å². The van der Waals surface area contributed by atoms with Gasteiger partial charge in [0.05, 0.1) is 0 Å². The Morgan fingerprint density at radius 3 is 2.76 bits per heavy atom. The number of nitrogen functional groups attached to an aromatic ring is 1. The second-order valence-corrected chi connectivity index (χ2v) is 5.90. The minimum atomic E-state index is 0.0783. The van der Waals surface area contributed by atoms with Gasteiger partial charge in [-0.25, -0.2) is 15.0 Å². The molecule has 1 aliphatic rings. The molecule has 2 aromatic rings. The van der Waals surface area contributed by atoms with E-state index in [-0.39, 0.29) is 5.95 Å². The van der Waals surface area contributed by atoms with Gasteiger partial charge in [0.25, 0.3) is 0 Å². The summed E-state index contributed by atoms with van der Waals surface area (Å²) in [6.07, 6.45) is 2.68. The van der Waals surface area contributed by atoms with Gasteiger partial charge >= 0.3 is 0 Å². The fourth-order valence-corrected chi connectivity index (χ4v) is 3.04. The van der Waals surface area contributed by atoms with Crippen molar-refractivity contribution in [3.63, 3.8) is 0 Å². The van der Waals surface area contributed by atoms with Gasteiger partial charge < -0.3 is 10.7 Å². The summed E-state index contributed by atoms with van der Waals surface area (Å²) in [5, 5.41) is 0.591. The predicted molar refractivity (Wildman–Crippen MR) is 83.7 cm³/mol. The van der Waals surface area contributed by atoms with E-state index in [1.54, 1.807) is 0 Å². The Kier molecular flexibility index (Phi) is 4.08. The molecule has 3 rings (SSSR count).